The Bertz CT molecular complexity index is 803. The van der Waals surface area contributed by atoms with Crippen LogP contribution in [0.3, 0.4) is 0 Å². The summed E-state index contributed by atoms with van der Waals surface area (Å²) >= 11 is 0. The van der Waals surface area contributed by atoms with E-state index in [-0.39, 0.29) is 11.9 Å². The van der Waals surface area contributed by atoms with Crippen molar-refractivity contribution >= 4 is 17.3 Å². The van der Waals surface area contributed by atoms with Crippen molar-refractivity contribution in [3.8, 4) is 5.75 Å². The van der Waals surface area contributed by atoms with Crippen LogP contribution in [0.2, 0.25) is 0 Å². The van der Waals surface area contributed by atoms with E-state index in [1.165, 1.54) is 5.56 Å². The first-order valence-corrected chi connectivity index (χ1v) is 9.52. The summed E-state index contributed by atoms with van der Waals surface area (Å²) in [6, 6.07) is 11.4. The minimum atomic E-state index is -0.198. The second-order valence-electron chi connectivity index (χ2n) is 7.45. The predicted molar refractivity (Wildman–Crippen MR) is 111 cm³/mol. The van der Waals surface area contributed by atoms with Gasteiger partial charge in [-0.05, 0) is 51.0 Å². The van der Waals surface area contributed by atoms with Gasteiger partial charge in [0.25, 0.3) is 0 Å². The first kappa shape index (κ1) is 19.2. The summed E-state index contributed by atoms with van der Waals surface area (Å²) in [4.78, 5) is 17.2. The van der Waals surface area contributed by atoms with E-state index in [1.807, 2.05) is 39.0 Å². The molecule has 1 unspecified atom stereocenters. The molecule has 2 aromatic rings. The van der Waals surface area contributed by atoms with Gasteiger partial charge in [0.15, 0.2) is 0 Å². The summed E-state index contributed by atoms with van der Waals surface area (Å²) in [5.41, 5.74) is 5.18. The number of phenolic OH excluding ortho intramolecular Hbond substituents is 1. The maximum atomic E-state index is 12.8. The predicted octanol–water partition coefficient (Wildman–Crippen LogP) is 3.47. The molecule has 1 amide bonds. The Morgan fingerprint density at radius 2 is 1.63 bits per heavy atom. The van der Waals surface area contributed by atoms with Crippen molar-refractivity contribution in [3.63, 3.8) is 0 Å². The zero-order valence-corrected chi connectivity index (χ0v) is 16.6. The summed E-state index contributed by atoms with van der Waals surface area (Å²) < 4.78 is 0. The molecule has 2 N–H and O–H groups in total. The number of nitrogens with zero attached hydrogens (tertiary/aromatic N) is 2. The Kier molecular flexibility index (Phi) is 5.71. The van der Waals surface area contributed by atoms with Crippen molar-refractivity contribution in [1.82, 2.24) is 4.90 Å². The van der Waals surface area contributed by atoms with Crippen molar-refractivity contribution in [2.24, 2.45) is 0 Å². The van der Waals surface area contributed by atoms with Gasteiger partial charge in [0, 0.05) is 31.9 Å². The number of hydrogen-bond donors (Lipinski definition) is 2. The van der Waals surface area contributed by atoms with Gasteiger partial charge in [0.1, 0.15) is 5.75 Å². The normalized spacial score (nSPS) is 16.2. The molecule has 1 aliphatic heterocycles. The molecule has 0 aromatic heterocycles. The number of aryl methyl sites for hydroxylation is 3. The number of piperazine rings is 1. The smallest absolute Gasteiger partial charge is 0.241 e. The van der Waals surface area contributed by atoms with Crippen LogP contribution in [-0.2, 0) is 4.79 Å². The highest BCUT2D eigenvalue weighted by Gasteiger charge is 2.27. The van der Waals surface area contributed by atoms with Crippen molar-refractivity contribution < 1.29 is 9.90 Å². The van der Waals surface area contributed by atoms with Crippen LogP contribution < -0.4 is 10.2 Å². The zero-order valence-electron chi connectivity index (χ0n) is 16.6. The van der Waals surface area contributed by atoms with Gasteiger partial charge in [0.2, 0.25) is 5.91 Å². The molecule has 0 aliphatic carbocycles. The number of benzene rings is 2. The molecule has 2 aromatic carbocycles. The molecule has 5 nitrogen and oxygen atoms in total. The third-order valence-electron chi connectivity index (χ3n) is 5.39. The number of amides is 1. The van der Waals surface area contributed by atoms with Gasteiger partial charge in [-0.3, -0.25) is 9.69 Å². The van der Waals surface area contributed by atoms with Gasteiger partial charge in [0.05, 0.1) is 11.7 Å². The molecule has 0 radical (unpaired) electrons. The molecular weight excluding hydrogens is 338 g/mol. The van der Waals surface area contributed by atoms with Gasteiger partial charge in [-0.2, -0.15) is 0 Å². The molecule has 144 valence electrons. The highest BCUT2D eigenvalue weighted by Crippen LogP contribution is 2.28. The van der Waals surface area contributed by atoms with E-state index in [9.17, 15) is 9.90 Å². The highest BCUT2D eigenvalue weighted by molar-refractivity contribution is 5.96. The van der Waals surface area contributed by atoms with E-state index in [0.717, 1.165) is 48.7 Å². The number of para-hydroxylation sites is 2. The first-order chi connectivity index (χ1) is 12.9. The molecule has 1 atom stereocenters. The summed E-state index contributed by atoms with van der Waals surface area (Å²) in [7, 11) is 0. The number of aromatic hydroxyl groups is 1. The van der Waals surface area contributed by atoms with Crippen molar-refractivity contribution in [2.75, 3.05) is 36.4 Å². The number of phenols is 1. The molecule has 0 spiro atoms. The minimum absolute atomic E-state index is 0.0288. The van der Waals surface area contributed by atoms with Gasteiger partial charge < -0.3 is 15.3 Å². The van der Waals surface area contributed by atoms with E-state index in [0.29, 0.717) is 5.75 Å². The summed E-state index contributed by atoms with van der Waals surface area (Å²) in [5, 5.41) is 13.2. The van der Waals surface area contributed by atoms with Gasteiger partial charge in [-0.1, -0.05) is 29.8 Å². The monoisotopic (exact) mass is 367 g/mol. The fourth-order valence-corrected chi connectivity index (χ4v) is 3.85. The molecule has 1 heterocycles. The number of nitrogens with one attached hydrogen (secondary N) is 1. The van der Waals surface area contributed by atoms with E-state index in [4.69, 9.17) is 0 Å². The number of rotatable bonds is 4. The van der Waals surface area contributed by atoms with E-state index in [2.05, 4.69) is 34.2 Å². The third kappa shape index (κ3) is 4.25. The Hall–Kier alpha value is -2.53. The lowest BCUT2D eigenvalue weighted by Gasteiger charge is -2.38. The van der Waals surface area contributed by atoms with Crippen molar-refractivity contribution in [2.45, 2.75) is 33.7 Å². The van der Waals surface area contributed by atoms with Crippen LogP contribution in [-0.4, -0.2) is 48.1 Å². The van der Waals surface area contributed by atoms with Gasteiger partial charge in [-0.15, -0.1) is 0 Å². The van der Waals surface area contributed by atoms with Gasteiger partial charge in [-0.25, -0.2) is 0 Å². The fourth-order valence-electron chi connectivity index (χ4n) is 3.85. The Morgan fingerprint density at radius 3 is 2.22 bits per heavy atom. The van der Waals surface area contributed by atoms with Gasteiger partial charge >= 0.3 is 0 Å². The maximum Gasteiger partial charge on any atom is 0.241 e. The van der Waals surface area contributed by atoms with Crippen LogP contribution >= 0.6 is 0 Å². The fraction of sp³-hybridized carbons (Fsp3) is 0.409. The zero-order chi connectivity index (χ0) is 19.6. The van der Waals surface area contributed by atoms with Crippen LogP contribution in [0.4, 0.5) is 11.4 Å². The third-order valence-corrected chi connectivity index (χ3v) is 5.39. The van der Waals surface area contributed by atoms with Crippen LogP contribution in [0.1, 0.15) is 23.6 Å². The average Bonchev–Trinajstić information content (AvgIpc) is 2.64. The highest BCUT2D eigenvalue weighted by atomic mass is 16.3. The second kappa shape index (κ2) is 8.01. The molecule has 5 heteroatoms. The van der Waals surface area contributed by atoms with Crippen LogP contribution in [0.15, 0.2) is 36.4 Å². The average molecular weight is 367 g/mol. The molecule has 27 heavy (non-hydrogen) atoms. The lowest BCUT2D eigenvalue weighted by Crippen LogP contribution is -2.52. The molecule has 1 saturated heterocycles. The quantitative estimate of drug-likeness (QED) is 0.869. The number of anilines is 2. The summed E-state index contributed by atoms with van der Waals surface area (Å²) in [6.45, 7) is 11.2. The molecular formula is C22H29N3O2. The lowest BCUT2D eigenvalue weighted by atomic mass is 10.0. The largest absolute Gasteiger partial charge is 0.506 e. The standard InChI is InChI=1S/C22H29N3O2/c1-15-13-16(2)21(17(3)14-15)23-22(27)18(4)24-9-11-25(12-10-24)19-7-5-6-8-20(19)26/h5-8,13-14,18,26H,9-12H2,1-4H3,(H,23,27). The van der Waals surface area contributed by atoms with Crippen LogP contribution in [0.5, 0.6) is 5.75 Å². The number of carbonyl (C=O) groups is 1. The maximum absolute atomic E-state index is 12.8. The van der Waals surface area contributed by atoms with Crippen molar-refractivity contribution in [1.29, 1.82) is 0 Å². The minimum Gasteiger partial charge on any atom is -0.506 e. The Labute approximate surface area is 161 Å². The molecule has 0 bridgehead atoms. The van der Waals surface area contributed by atoms with E-state index in [1.54, 1.807) is 6.07 Å². The lowest BCUT2D eigenvalue weighted by molar-refractivity contribution is -0.120. The second-order valence-corrected chi connectivity index (χ2v) is 7.45. The van der Waals surface area contributed by atoms with E-state index >= 15 is 0 Å². The van der Waals surface area contributed by atoms with Crippen LogP contribution in [0, 0.1) is 20.8 Å². The molecule has 1 fully saturated rings. The molecule has 0 saturated carbocycles. The number of carbonyl (C=O) groups excluding carboxylic acids is 1. The van der Waals surface area contributed by atoms with E-state index < -0.39 is 0 Å². The molecule has 1 aliphatic rings. The summed E-state index contributed by atoms with van der Waals surface area (Å²) in [6.07, 6.45) is 0. The van der Waals surface area contributed by atoms with Crippen LogP contribution in [0.25, 0.3) is 0 Å². The topological polar surface area (TPSA) is 55.8 Å². The van der Waals surface area contributed by atoms with Crippen molar-refractivity contribution in [3.05, 3.63) is 53.1 Å². The summed E-state index contributed by atoms with van der Waals surface area (Å²) in [5.74, 6) is 0.336. The first-order valence-electron chi connectivity index (χ1n) is 9.52. The number of hydrogen-bond acceptors (Lipinski definition) is 4. The Morgan fingerprint density at radius 1 is 1.04 bits per heavy atom. The SMILES string of the molecule is Cc1cc(C)c(NC(=O)C(C)N2CCN(c3ccccc3O)CC2)c(C)c1. The molecule has 3 rings (SSSR count). The Balaban J connectivity index is 1.61.